The van der Waals surface area contributed by atoms with Gasteiger partial charge in [-0.2, -0.15) is 0 Å². The minimum Gasteiger partial charge on any atom is -0.341 e. The molecule has 2 bridgehead atoms. The van der Waals surface area contributed by atoms with Gasteiger partial charge in [-0.15, -0.1) is 0 Å². The summed E-state index contributed by atoms with van der Waals surface area (Å²) in [7, 11) is 0. The van der Waals surface area contributed by atoms with Crippen LogP contribution in [0.1, 0.15) is 58.3 Å². The molecule has 0 aromatic rings. The predicted molar refractivity (Wildman–Crippen MR) is 75.6 cm³/mol. The molecule has 0 spiro atoms. The highest BCUT2D eigenvalue weighted by Crippen LogP contribution is 2.52. The zero-order chi connectivity index (χ0) is 12.4. The van der Waals surface area contributed by atoms with Gasteiger partial charge in [0.05, 0.1) is 12.7 Å². The van der Waals surface area contributed by atoms with Gasteiger partial charge >= 0.3 is 0 Å². The van der Waals surface area contributed by atoms with Crippen LogP contribution in [-0.4, -0.2) is 23.6 Å². The molecule has 0 radical (unpaired) electrons. The maximum atomic E-state index is 6.46. The van der Waals surface area contributed by atoms with E-state index in [0.717, 1.165) is 6.61 Å². The average Bonchev–Trinajstić information content (AvgIpc) is 2.47. The Morgan fingerprint density at radius 2 is 2.06 bits per heavy atom. The fraction of sp³-hybridized carbons (Fsp3) is 1.00. The minimum atomic E-state index is -0.256. The van der Waals surface area contributed by atoms with Crippen LogP contribution in [-0.2, 0) is 9.47 Å². The van der Waals surface area contributed by atoms with Gasteiger partial charge in [-0.3, -0.25) is 0 Å². The van der Waals surface area contributed by atoms with Crippen LogP contribution >= 0.6 is 11.8 Å². The molecule has 0 amide bonds. The van der Waals surface area contributed by atoms with Crippen LogP contribution in [0.4, 0.5) is 0 Å². The Labute approximate surface area is 115 Å². The molecule has 3 atom stereocenters. The van der Waals surface area contributed by atoms with Gasteiger partial charge in [-0.25, -0.2) is 0 Å². The highest BCUT2D eigenvalue weighted by Gasteiger charge is 2.53. The van der Waals surface area contributed by atoms with Crippen LogP contribution < -0.4 is 0 Å². The van der Waals surface area contributed by atoms with E-state index in [2.05, 4.69) is 6.92 Å². The molecule has 3 heterocycles. The molecule has 4 aliphatic rings. The quantitative estimate of drug-likeness (QED) is 0.763. The summed E-state index contributed by atoms with van der Waals surface area (Å²) in [4.78, 5) is 0. The zero-order valence-electron chi connectivity index (χ0n) is 11.5. The molecule has 1 saturated carbocycles. The molecule has 3 heteroatoms. The van der Waals surface area contributed by atoms with Crippen LogP contribution in [0.15, 0.2) is 0 Å². The van der Waals surface area contributed by atoms with E-state index in [9.17, 15) is 0 Å². The number of hydrogen-bond donors (Lipinski definition) is 0. The molecular weight excluding hydrogens is 244 g/mol. The summed E-state index contributed by atoms with van der Waals surface area (Å²) < 4.78 is 12.6. The molecule has 18 heavy (non-hydrogen) atoms. The van der Waals surface area contributed by atoms with Crippen molar-refractivity contribution in [3.05, 3.63) is 0 Å². The highest BCUT2D eigenvalue weighted by molar-refractivity contribution is 8.00. The molecule has 0 aromatic carbocycles. The lowest BCUT2D eigenvalue weighted by Gasteiger charge is -2.53. The second-order valence-corrected chi connectivity index (χ2v) is 7.31. The standard InChI is InChI=1S/C15H26O2S/c1-2-3-9-14-12-10-16-15(17-14,18-11-12)13-7-5-4-6-8-13/h12-14H,2-11H2,1H3. The first-order valence-corrected chi connectivity index (χ1v) is 8.78. The summed E-state index contributed by atoms with van der Waals surface area (Å²) in [6, 6.07) is 0. The van der Waals surface area contributed by atoms with E-state index in [4.69, 9.17) is 9.47 Å². The Morgan fingerprint density at radius 3 is 2.72 bits per heavy atom. The largest absolute Gasteiger partial charge is 0.341 e. The number of unbranched alkanes of at least 4 members (excludes halogenated alkanes) is 1. The van der Waals surface area contributed by atoms with Crippen molar-refractivity contribution in [1.29, 1.82) is 0 Å². The number of fused-ring (bicyclic) bond motifs is 3. The van der Waals surface area contributed by atoms with E-state index in [1.807, 2.05) is 11.8 Å². The molecule has 0 aromatic heterocycles. The Hall–Kier alpha value is 0.270. The molecule has 4 rings (SSSR count). The lowest BCUT2D eigenvalue weighted by Crippen LogP contribution is -2.57. The molecule has 3 unspecified atom stereocenters. The van der Waals surface area contributed by atoms with E-state index < -0.39 is 0 Å². The Bertz CT molecular complexity index is 268. The second-order valence-electron chi connectivity index (χ2n) is 6.12. The SMILES string of the molecule is CCCCC1OC2(C3CCCCC3)OCC1CS2. The molecule has 2 nitrogen and oxygen atoms in total. The fourth-order valence-corrected chi connectivity index (χ4v) is 5.19. The average molecular weight is 270 g/mol. The van der Waals surface area contributed by atoms with Crippen LogP contribution in [0.5, 0.6) is 0 Å². The fourth-order valence-electron chi connectivity index (χ4n) is 3.61. The molecular formula is C15H26O2S. The van der Waals surface area contributed by atoms with Crippen LogP contribution in [0.25, 0.3) is 0 Å². The van der Waals surface area contributed by atoms with Gasteiger partial charge in [0, 0.05) is 17.6 Å². The smallest absolute Gasteiger partial charge is 0.221 e. The van der Waals surface area contributed by atoms with E-state index in [0.29, 0.717) is 17.9 Å². The summed E-state index contributed by atoms with van der Waals surface area (Å²) in [6.07, 6.45) is 11.0. The maximum Gasteiger partial charge on any atom is 0.221 e. The Kier molecular flexibility index (Phi) is 4.21. The first kappa shape index (κ1) is 13.3. The van der Waals surface area contributed by atoms with E-state index in [-0.39, 0.29) is 5.12 Å². The van der Waals surface area contributed by atoms with Crippen LogP contribution in [0, 0.1) is 11.8 Å². The Morgan fingerprint density at radius 1 is 1.22 bits per heavy atom. The van der Waals surface area contributed by atoms with Gasteiger partial charge in [-0.1, -0.05) is 50.8 Å². The molecule has 3 aliphatic heterocycles. The molecule has 104 valence electrons. The van der Waals surface area contributed by atoms with E-state index in [1.54, 1.807) is 0 Å². The van der Waals surface area contributed by atoms with Gasteiger partial charge in [-0.05, 0) is 19.3 Å². The lowest BCUT2D eigenvalue weighted by atomic mass is 9.87. The van der Waals surface area contributed by atoms with Crippen molar-refractivity contribution in [2.45, 2.75) is 69.5 Å². The van der Waals surface area contributed by atoms with Gasteiger partial charge in [0.2, 0.25) is 5.12 Å². The van der Waals surface area contributed by atoms with Gasteiger partial charge in [0.25, 0.3) is 0 Å². The maximum absolute atomic E-state index is 6.46. The lowest BCUT2D eigenvalue weighted by molar-refractivity contribution is -0.290. The first-order chi connectivity index (χ1) is 8.84. The van der Waals surface area contributed by atoms with Gasteiger partial charge in [0.15, 0.2) is 0 Å². The highest BCUT2D eigenvalue weighted by atomic mass is 32.2. The second kappa shape index (κ2) is 5.72. The first-order valence-electron chi connectivity index (χ1n) is 7.80. The van der Waals surface area contributed by atoms with Crippen molar-refractivity contribution < 1.29 is 9.47 Å². The molecule has 0 N–H and O–H groups in total. The summed E-state index contributed by atoms with van der Waals surface area (Å²) in [5.74, 6) is 2.54. The monoisotopic (exact) mass is 270 g/mol. The summed E-state index contributed by atoms with van der Waals surface area (Å²) in [6.45, 7) is 3.21. The van der Waals surface area contributed by atoms with Crippen LogP contribution in [0.3, 0.4) is 0 Å². The predicted octanol–water partition coefficient (Wildman–Crippen LogP) is 4.19. The zero-order valence-corrected chi connectivity index (χ0v) is 12.3. The van der Waals surface area contributed by atoms with Crippen molar-refractivity contribution in [3.8, 4) is 0 Å². The number of hydrogen-bond acceptors (Lipinski definition) is 3. The van der Waals surface area contributed by atoms with Crippen LogP contribution in [0.2, 0.25) is 0 Å². The van der Waals surface area contributed by atoms with Crippen molar-refractivity contribution in [3.63, 3.8) is 0 Å². The molecule has 4 fully saturated rings. The third kappa shape index (κ3) is 2.46. The Balaban J connectivity index is 1.67. The van der Waals surface area contributed by atoms with Crippen molar-refractivity contribution in [2.75, 3.05) is 12.4 Å². The summed E-state index contributed by atoms with van der Waals surface area (Å²) in [5, 5.41) is -0.256. The van der Waals surface area contributed by atoms with Crippen molar-refractivity contribution in [1.82, 2.24) is 0 Å². The minimum absolute atomic E-state index is 0.256. The summed E-state index contributed by atoms with van der Waals surface area (Å²) >= 11 is 1.96. The van der Waals surface area contributed by atoms with E-state index in [1.165, 1.54) is 57.1 Å². The number of ether oxygens (including phenoxy) is 2. The molecule has 3 saturated heterocycles. The number of rotatable bonds is 4. The third-order valence-electron chi connectivity index (χ3n) is 4.79. The topological polar surface area (TPSA) is 18.5 Å². The van der Waals surface area contributed by atoms with Gasteiger partial charge in [0.1, 0.15) is 0 Å². The van der Waals surface area contributed by atoms with Crippen molar-refractivity contribution in [2.24, 2.45) is 11.8 Å². The van der Waals surface area contributed by atoms with Crippen molar-refractivity contribution >= 4 is 11.8 Å². The number of thioether (sulfide) groups is 1. The summed E-state index contributed by atoms with van der Waals surface area (Å²) in [5.41, 5.74) is 0. The van der Waals surface area contributed by atoms with Gasteiger partial charge < -0.3 is 9.47 Å². The normalized spacial score (nSPS) is 41.2. The van der Waals surface area contributed by atoms with E-state index >= 15 is 0 Å². The molecule has 1 aliphatic carbocycles. The third-order valence-corrected chi connectivity index (χ3v) is 6.33.